The van der Waals surface area contributed by atoms with Gasteiger partial charge in [0.1, 0.15) is 5.75 Å². The average molecular weight is 367 g/mol. The predicted molar refractivity (Wildman–Crippen MR) is 104 cm³/mol. The average Bonchev–Trinajstić information content (AvgIpc) is 3.48. The predicted octanol–water partition coefficient (Wildman–Crippen LogP) is 3.01. The highest BCUT2D eigenvalue weighted by Gasteiger charge is 2.65. The van der Waals surface area contributed by atoms with Crippen molar-refractivity contribution in [2.45, 2.75) is 62.5 Å². The Labute approximate surface area is 161 Å². The van der Waals surface area contributed by atoms with Gasteiger partial charge in [0.25, 0.3) is 0 Å². The van der Waals surface area contributed by atoms with Gasteiger partial charge in [-0.25, -0.2) is 0 Å². The number of Topliss-reactive ketones (excluding diaryl/α,β-unsaturated/α-hetero) is 1. The summed E-state index contributed by atoms with van der Waals surface area (Å²) in [6, 6.07) is 6.35. The third kappa shape index (κ3) is 2.39. The fourth-order valence-electron chi connectivity index (χ4n) is 6.02. The first-order valence-corrected chi connectivity index (χ1v) is 10.3. The molecule has 4 nitrogen and oxygen atoms in total. The molecule has 2 saturated carbocycles. The molecule has 3 atom stereocenters. The zero-order valence-electron chi connectivity index (χ0n) is 16.3. The highest BCUT2D eigenvalue weighted by molar-refractivity contribution is 5.98. The van der Waals surface area contributed by atoms with Crippen molar-refractivity contribution in [3.8, 4) is 5.75 Å². The molecule has 27 heavy (non-hydrogen) atoms. The standard InChI is InChI=1S/C23H29NO3/c1-3-16-12-23(26)21-10-17-6-7-18(27-2)11-19(17)22(23,13-20(16)25)8-9-24(21)14-15-4-5-15/h3,6-7,11,15,21,26H,4-5,8-10,12-14H2,1-2H3/t21-,22-,23-/m1/s1. The summed E-state index contributed by atoms with van der Waals surface area (Å²) in [5, 5.41) is 12.2. The van der Waals surface area contributed by atoms with Gasteiger partial charge in [0.05, 0.1) is 12.7 Å². The van der Waals surface area contributed by atoms with Crippen LogP contribution in [0.25, 0.3) is 0 Å². The molecule has 0 spiro atoms. The van der Waals surface area contributed by atoms with Crippen LogP contribution < -0.4 is 4.74 Å². The summed E-state index contributed by atoms with van der Waals surface area (Å²) in [7, 11) is 1.68. The van der Waals surface area contributed by atoms with Gasteiger partial charge in [-0.15, -0.1) is 0 Å². The van der Waals surface area contributed by atoms with Crippen LogP contribution in [0.5, 0.6) is 5.75 Å². The van der Waals surface area contributed by atoms with Crippen LogP contribution in [0.15, 0.2) is 29.8 Å². The van der Waals surface area contributed by atoms with Gasteiger partial charge in [-0.1, -0.05) is 12.1 Å². The monoisotopic (exact) mass is 367 g/mol. The van der Waals surface area contributed by atoms with Crippen molar-refractivity contribution in [1.82, 2.24) is 4.90 Å². The molecule has 5 rings (SSSR count). The first kappa shape index (κ1) is 17.4. The number of benzene rings is 1. The minimum absolute atomic E-state index is 0.0933. The number of ketones is 1. The van der Waals surface area contributed by atoms with E-state index in [9.17, 15) is 9.90 Å². The van der Waals surface area contributed by atoms with Gasteiger partial charge in [0.2, 0.25) is 0 Å². The van der Waals surface area contributed by atoms with Crippen molar-refractivity contribution >= 4 is 5.78 Å². The van der Waals surface area contributed by atoms with Crippen LogP contribution in [0.1, 0.15) is 50.2 Å². The first-order valence-electron chi connectivity index (χ1n) is 10.3. The number of methoxy groups -OCH3 is 1. The number of carbonyl (C=O) groups is 1. The Bertz CT molecular complexity index is 827. The lowest BCUT2D eigenvalue weighted by molar-refractivity contribution is -0.164. The molecule has 1 N–H and O–H groups in total. The molecule has 1 aromatic carbocycles. The summed E-state index contributed by atoms with van der Waals surface area (Å²) >= 11 is 0. The largest absolute Gasteiger partial charge is 0.497 e. The van der Waals surface area contributed by atoms with Crippen molar-refractivity contribution in [3.63, 3.8) is 0 Å². The van der Waals surface area contributed by atoms with Gasteiger partial charge in [0.15, 0.2) is 5.78 Å². The molecule has 0 radical (unpaired) electrons. The number of rotatable bonds is 3. The van der Waals surface area contributed by atoms with Crippen LogP contribution in [0.4, 0.5) is 0 Å². The fourth-order valence-corrected chi connectivity index (χ4v) is 6.02. The molecule has 144 valence electrons. The van der Waals surface area contributed by atoms with Crippen LogP contribution in [0, 0.1) is 5.92 Å². The number of hydrogen-bond acceptors (Lipinski definition) is 4. The smallest absolute Gasteiger partial charge is 0.159 e. The summed E-state index contributed by atoms with van der Waals surface area (Å²) in [5.41, 5.74) is 1.87. The van der Waals surface area contributed by atoms with Crippen molar-refractivity contribution < 1.29 is 14.6 Å². The Morgan fingerprint density at radius 1 is 1.33 bits per heavy atom. The van der Waals surface area contributed by atoms with Gasteiger partial charge >= 0.3 is 0 Å². The fraction of sp³-hybridized carbons (Fsp3) is 0.609. The zero-order valence-corrected chi connectivity index (χ0v) is 16.3. The topological polar surface area (TPSA) is 49.8 Å². The molecule has 1 heterocycles. The van der Waals surface area contributed by atoms with Crippen LogP contribution >= 0.6 is 0 Å². The molecule has 2 bridgehead atoms. The summed E-state index contributed by atoms with van der Waals surface area (Å²) in [6.07, 6.45) is 7.14. The van der Waals surface area contributed by atoms with Gasteiger partial charge < -0.3 is 9.84 Å². The van der Waals surface area contributed by atoms with E-state index < -0.39 is 11.0 Å². The van der Waals surface area contributed by atoms with Gasteiger partial charge in [-0.3, -0.25) is 9.69 Å². The van der Waals surface area contributed by atoms with Crippen molar-refractivity contribution in [3.05, 3.63) is 41.0 Å². The van der Waals surface area contributed by atoms with Gasteiger partial charge in [0, 0.05) is 30.8 Å². The normalized spacial score (nSPS) is 37.1. The molecule has 0 amide bonds. The molecule has 0 unspecified atom stereocenters. The quantitative estimate of drug-likeness (QED) is 0.835. The number of nitrogens with zero attached hydrogens (tertiary/aromatic N) is 1. The molecule has 0 aromatic heterocycles. The van der Waals surface area contributed by atoms with Gasteiger partial charge in [-0.2, -0.15) is 0 Å². The SMILES string of the molecule is CC=C1C[C@@]2(O)[C@H]3Cc4ccc(OC)cc4[C@@]2(CCN3CC2CC2)CC1=O. The summed E-state index contributed by atoms with van der Waals surface area (Å²) in [4.78, 5) is 15.5. The number of hydrogen-bond donors (Lipinski definition) is 1. The maximum atomic E-state index is 12.9. The second-order valence-corrected chi connectivity index (χ2v) is 9.03. The molecule has 1 aliphatic heterocycles. The summed E-state index contributed by atoms with van der Waals surface area (Å²) in [6.45, 7) is 3.98. The Kier molecular flexibility index (Phi) is 3.83. The lowest BCUT2D eigenvalue weighted by atomic mass is 9.48. The van der Waals surface area contributed by atoms with E-state index >= 15 is 0 Å². The van der Waals surface area contributed by atoms with Crippen LogP contribution in [0.3, 0.4) is 0 Å². The third-order valence-corrected chi connectivity index (χ3v) is 7.71. The number of aliphatic hydroxyl groups is 1. The lowest BCUT2D eigenvalue weighted by Gasteiger charge is -2.63. The number of ether oxygens (including phenoxy) is 1. The van der Waals surface area contributed by atoms with Crippen molar-refractivity contribution in [2.75, 3.05) is 20.2 Å². The summed E-state index contributed by atoms with van der Waals surface area (Å²) < 4.78 is 5.49. The second kappa shape index (κ2) is 5.92. The van der Waals surface area contributed by atoms with E-state index in [0.29, 0.717) is 12.8 Å². The maximum Gasteiger partial charge on any atom is 0.159 e. The number of carbonyl (C=O) groups excluding carboxylic acids is 1. The molecular formula is C23H29NO3. The summed E-state index contributed by atoms with van der Waals surface area (Å²) in [5.74, 6) is 1.81. The Morgan fingerprint density at radius 3 is 2.85 bits per heavy atom. The highest BCUT2D eigenvalue weighted by atomic mass is 16.5. The minimum atomic E-state index is -0.880. The maximum absolute atomic E-state index is 12.9. The molecular weight excluding hydrogens is 338 g/mol. The van der Waals surface area contributed by atoms with Gasteiger partial charge in [-0.05, 0) is 73.9 Å². The van der Waals surface area contributed by atoms with E-state index in [-0.39, 0.29) is 11.8 Å². The van der Waals surface area contributed by atoms with Crippen molar-refractivity contribution in [1.29, 1.82) is 0 Å². The molecule has 4 heteroatoms. The molecule has 3 aliphatic carbocycles. The number of allylic oxidation sites excluding steroid dienone is 1. The van der Waals surface area contributed by atoms with E-state index in [1.807, 2.05) is 19.1 Å². The number of fused-ring (bicyclic) bond motifs is 1. The second-order valence-electron chi connectivity index (χ2n) is 9.03. The van der Waals surface area contributed by atoms with E-state index in [4.69, 9.17) is 4.74 Å². The van der Waals surface area contributed by atoms with E-state index in [2.05, 4.69) is 17.0 Å². The van der Waals surface area contributed by atoms with E-state index in [1.54, 1.807) is 7.11 Å². The molecule has 1 aromatic rings. The highest BCUT2D eigenvalue weighted by Crippen LogP contribution is 2.59. The van der Waals surface area contributed by atoms with E-state index in [1.165, 1.54) is 18.4 Å². The van der Waals surface area contributed by atoms with Crippen LogP contribution in [-0.4, -0.2) is 47.6 Å². The van der Waals surface area contributed by atoms with E-state index in [0.717, 1.165) is 48.7 Å². The zero-order chi connectivity index (χ0) is 18.8. The van der Waals surface area contributed by atoms with Crippen LogP contribution in [-0.2, 0) is 16.6 Å². The number of piperidine rings is 1. The number of likely N-dealkylation sites (tertiary alicyclic amines) is 1. The Morgan fingerprint density at radius 2 is 2.15 bits per heavy atom. The van der Waals surface area contributed by atoms with Crippen molar-refractivity contribution in [2.24, 2.45) is 5.92 Å². The lowest BCUT2D eigenvalue weighted by Crippen LogP contribution is -2.73. The first-order chi connectivity index (χ1) is 13.0. The Balaban J connectivity index is 1.67. The van der Waals surface area contributed by atoms with Crippen LogP contribution in [0.2, 0.25) is 0 Å². The Hall–Kier alpha value is -1.65. The third-order valence-electron chi connectivity index (χ3n) is 7.71. The minimum Gasteiger partial charge on any atom is -0.497 e. The molecule has 3 fully saturated rings. The molecule has 4 aliphatic rings. The molecule has 1 saturated heterocycles.